The normalized spacial score (nSPS) is 12.5. The van der Waals surface area contributed by atoms with Crippen molar-refractivity contribution in [1.82, 2.24) is 44.7 Å². The molecule has 12 aromatic rings. The summed E-state index contributed by atoms with van der Waals surface area (Å²) in [5, 5.41) is 13.5. The zero-order chi connectivity index (χ0) is 41.4. The van der Waals surface area contributed by atoms with Crippen molar-refractivity contribution < 1.29 is 0 Å². The van der Waals surface area contributed by atoms with Crippen molar-refractivity contribution in [1.29, 1.82) is 0 Å². The molecular formula is C52H32N10S. The van der Waals surface area contributed by atoms with E-state index in [-0.39, 0.29) is 0 Å². The number of rotatable bonds is 6. The molecule has 11 heteroatoms. The Labute approximate surface area is 363 Å². The first kappa shape index (κ1) is 35.2. The molecule has 4 aromatic carbocycles. The van der Waals surface area contributed by atoms with Crippen molar-refractivity contribution in [3.63, 3.8) is 0 Å². The first-order valence-electron chi connectivity index (χ1n) is 20.6. The Bertz CT molecular complexity index is 3810. The third kappa shape index (κ3) is 5.71. The molecule has 0 unspecified atom stereocenters. The Balaban J connectivity index is 0.844. The highest BCUT2D eigenvalue weighted by Crippen LogP contribution is 2.41. The smallest absolute Gasteiger partial charge is 0.148 e. The van der Waals surface area contributed by atoms with Gasteiger partial charge in [-0.05, 0) is 108 Å². The molecule has 0 atom stereocenters. The Kier molecular flexibility index (Phi) is 7.84. The van der Waals surface area contributed by atoms with Crippen molar-refractivity contribution in [3.05, 3.63) is 188 Å². The number of nitrogens with zero attached hydrogens (tertiary/aromatic N) is 8. The van der Waals surface area contributed by atoms with Crippen LogP contribution in [0.2, 0.25) is 0 Å². The average Bonchev–Trinajstić information content (AvgIpc) is 4.01. The summed E-state index contributed by atoms with van der Waals surface area (Å²) in [7, 11) is 0. The van der Waals surface area contributed by atoms with Crippen LogP contribution in [-0.4, -0.2) is 39.3 Å². The number of anilines is 1. The Hall–Kier alpha value is -8.54. The molecule has 9 heterocycles. The van der Waals surface area contributed by atoms with Crippen LogP contribution >= 0.6 is 11.3 Å². The van der Waals surface area contributed by atoms with Gasteiger partial charge in [-0.25, -0.2) is 0 Å². The van der Waals surface area contributed by atoms with Crippen LogP contribution in [0, 0.1) is 0 Å². The number of nitrogens with one attached hydrogen (secondary N) is 2. The lowest BCUT2D eigenvalue weighted by molar-refractivity contribution is 1.08. The van der Waals surface area contributed by atoms with Gasteiger partial charge in [0.2, 0.25) is 0 Å². The van der Waals surface area contributed by atoms with E-state index in [9.17, 15) is 0 Å². The Morgan fingerprint density at radius 2 is 1.02 bits per heavy atom. The summed E-state index contributed by atoms with van der Waals surface area (Å²) in [4.78, 5) is 19.9. The van der Waals surface area contributed by atoms with E-state index in [4.69, 9.17) is 20.1 Å². The van der Waals surface area contributed by atoms with Crippen LogP contribution in [0.4, 0.5) is 5.00 Å². The van der Waals surface area contributed by atoms with Crippen molar-refractivity contribution in [2.24, 2.45) is 0 Å². The van der Waals surface area contributed by atoms with Gasteiger partial charge in [-0.3, -0.25) is 30.8 Å². The van der Waals surface area contributed by atoms with Gasteiger partial charge >= 0.3 is 0 Å². The Morgan fingerprint density at radius 3 is 1.63 bits per heavy atom. The van der Waals surface area contributed by atoms with E-state index in [2.05, 4.69) is 151 Å². The molecule has 8 aromatic heterocycles. The molecular weight excluding hydrogens is 797 g/mol. The van der Waals surface area contributed by atoms with Crippen molar-refractivity contribution in [2.75, 3.05) is 5.43 Å². The van der Waals surface area contributed by atoms with E-state index >= 15 is 0 Å². The van der Waals surface area contributed by atoms with Crippen LogP contribution in [0.25, 0.3) is 111 Å². The fraction of sp³-hybridized carbons (Fsp3) is 0. The van der Waals surface area contributed by atoms with Gasteiger partial charge < -0.3 is 9.13 Å². The second-order valence-corrected chi connectivity index (χ2v) is 16.6. The van der Waals surface area contributed by atoms with Gasteiger partial charge in [0.25, 0.3) is 0 Å². The summed E-state index contributed by atoms with van der Waals surface area (Å²) in [5.41, 5.74) is 23.9. The number of benzene rings is 4. The molecule has 296 valence electrons. The maximum atomic E-state index is 4.82. The number of aromatic nitrogens is 8. The fourth-order valence-corrected chi connectivity index (χ4v) is 9.92. The number of hydrogen-bond acceptors (Lipinski definition) is 9. The van der Waals surface area contributed by atoms with Crippen molar-refractivity contribution in [2.45, 2.75) is 0 Å². The minimum Gasteiger partial charge on any atom is -0.308 e. The molecule has 0 saturated heterocycles. The van der Waals surface area contributed by atoms with E-state index in [1.807, 2.05) is 61.4 Å². The van der Waals surface area contributed by atoms with E-state index in [1.165, 1.54) is 0 Å². The fourth-order valence-electron chi connectivity index (χ4n) is 8.98. The molecule has 0 amide bonds. The number of thiophene rings is 1. The lowest BCUT2D eigenvalue weighted by Crippen LogP contribution is -2.22. The first-order chi connectivity index (χ1) is 31.2. The summed E-state index contributed by atoms with van der Waals surface area (Å²) in [6.07, 6.45) is 13.4. The van der Waals surface area contributed by atoms with Crippen molar-refractivity contribution >= 4 is 82.2 Å². The second kappa shape index (κ2) is 14.0. The SMILES string of the molecule is C1=C(c2cncc(-c3ccc4c(c3)c3ncccc3n4-c3ccccc3)c2)NNc2sc3nnc(-c4cncc(-c5ccc6c(c5)c5ncccc5n6-c5ccccc5)c4)cc3c21. The summed E-state index contributed by atoms with van der Waals surface area (Å²) in [5.74, 6) is 0. The predicted molar refractivity (Wildman–Crippen MR) is 255 cm³/mol. The maximum Gasteiger partial charge on any atom is 0.148 e. The zero-order valence-corrected chi connectivity index (χ0v) is 34.1. The number of hydrogen-bond donors (Lipinski definition) is 2. The van der Waals surface area contributed by atoms with Gasteiger partial charge in [0.15, 0.2) is 0 Å². The molecule has 0 saturated carbocycles. The monoisotopic (exact) mass is 828 g/mol. The van der Waals surface area contributed by atoms with Gasteiger partial charge in [0.05, 0.1) is 44.5 Å². The van der Waals surface area contributed by atoms with Gasteiger partial charge in [-0.2, -0.15) is 0 Å². The third-order valence-electron chi connectivity index (χ3n) is 11.9. The third-order valence-corrected chi connectivity index (χ3v) is 12.9. The van der Waals surface area contributed by atoms with Crippen LogP contribution < -0.4 is 10.9 Å². The van der Waals surface area contributed by atoms with Crippen LogP contribution in [0.3, 0.4) is 0 Å². The van der Waals surface area contributed by atoms with E-state index < -0.39 is 0 Å². The molecule has 0 spiro atoms. The van der Waals surface area contributed by atoms with Crippen molar-refractivity contribution in [3.8, 4) is 44.9 Å². The van der Waals surface area contributed by atoms with Gasteiger partial charge in [-0.15, -0.1) is 10.2 Å². The minimum absolute atomic E-state index is 0.747. The number of fused-ring (bicyclic) bond motifs is 9. The number of hydrazine groups is 1. The lowest BCUT2D eigenvalue weighted by Gasteiger charge is -2.18. The molecule has 63 heavy (non-hydrogen) atoms. The maximum absolute atomic E-state index is 4.82. The number of pyridine rings is 4. The molecule has 0 bridgehead atoms. The highest BCUT2D eigenvalue weighted by atomic mass is 32.1. The van der Waals surface area contributed by atoms with Crippen LogP contribution in [0.1, 0.15) is 11.1 Å². The summed E-state index contributed by atoms with van der Waals surface area (Å²) >= 11 is 1.57. The standard InChI is InChI=1S/C52H32N10S/c1-3-9-37(10-4-1)61-45-17-15-31(23-41(45)49-47(61)13-7-19-55-49)33-21-35(29-53-27-33)43-25-39-40-26-44(58-60-52(40)63-51(39)59-57-43)36-22-34(28-54-30-36)32-16-18-46-42(24-32)50-48(14-8-20-56-50)62(46)38-11-5-2-6-12-38/h1-30,57,59H. The predicted octanol–water partition coefficient (Wildman–Crippen LogP) is 11.9. The van der Waals surface area contributed by atoms with Gasteiger partial charge in [0, 0.05) is 92.5 Å². The van der Waals surface area contributed by atoms with Crippen LogP contribution in [0.15, 0.2) is 177 Å². The topological polar surface area (TPSA) is 111 Å². The van der Waals surface area contributed by atoms with E-state index in [0.717, 1.165) is 121 Å². The largest absolute Gasteiger partial charge is 0.308 e. The van der Waals surface area contributed by atoms with E-state index in [1.54, 1.807) is 11.3 Å². The van der Waals surface area contributed by atoms with Crippen LogP contribution in [-0.2, 0) is 0 Å². The zero-order valence-electron chi connectivity index (χ0n) is 33.3. The molecule has 0 aliphatic carbocycles. The molecule has 1 aliphatic rings. The second-order valence-electron chi connectivity index (χ2n) is 15.6. The summed E-state index contributed by atoms with van der Waals surface area (Å²) < 4.78 is 4.54. The molecule has 13 rings (SSSR count). The number of para-hydroxylation sites is 2. The Morgan fingerprint density at radius 1 is 0.444 bits per heavy atom. The lowest BCUT2D eigenvalue weighted by atomic mass is 10.0. The first-order valence-corrected chi connectivity index (χ1v) is 21.4. The molecule has 10 nitrogen and oxygen atoms in total. The average molecular weight is 829 g/mol. The van der Waals surface area contributed by atoms with Crippen LogP contribution in [0.5, 0.6) is 0 Å². The summed E-state index contributed by atoms with van der Waals surface area (Å²) in [6.45, 7) is 0. The summed E-state index contributed by atoms with van der Waals surface area (Å²) in [6, 6.07) is 48.6. The molecule has 0 fully saturated rings. The molecule has 1 aliphatic heterocycles. The van der Waals surface area contributed by atoms with E-state index in [0.29, 0.717) is 0 Å². The highest BCUT2D eigenvalue weighted by molar-refractivity contribution is 7.22. The minimum atomic E-state index is 0.747. The van der Waals surface area contributed by atoms with Gasteiger partial charge in [0.1, 0.15) is 9.83 Å². The van der Waals surface area contributed by atoms with Gasteiger partial charge in [-0.1, -0.05) is 59.9 Å². The molecule has 0 radical (unpaired) electrons. The highest BCUT2D eigenvalue weighted by Gasteiger charge is 2.21. The quantitative estimate of drug-likeness (QED) is 0.170. The molecule has 2 N–H and O–H groups in total.